The first-order valence-electron chi connectivity index (χ1n) is 2.17. The zero-order valence-electron chi connectivity index (χ0n) is 4.74. The van der Waals surface area contributed by atoms with Gasteiger partial charge in [0, 0.05) is 6.42 Å². The molecule has 0 bridgehead atoms. The van der Waals surface area contributed by atoms with E-state index in [1.807, 2.05) is 0 Å². The van der Waals surface area contributed by atoms with Gasteiger partial charge in [0.15, 0.2) is 0 Å². The Kier molecular flexibility index (Phi) is 9.51. The number of ether oxygens (including phenoxy) is 1. The molecule has 8 heavy (non-hydrogen) atoms. The maximum atomic E-state index is 10.1. The van der Waals surface area contributed by atoms with Gasteiger partial charge < -0.3 is 11.7 Å². The molecule has 0 radical (unpaired) electrons. The van der Waals surface area contributed by atoms with Crippen LogP contribution in [0.4, 0.5) is 0 Å². The van der Waals surface area contributed by atoms with Crippen LogP contribution in [-0.4, -0.2) is 13.1 Å². The summed E-state index contributed by atoms with van der Waals surface area (Å²) in [7, 11) is 1.37. The van der Waals surface area contributed by atoms with Crippen molar-refractivity contribution in [1.82, 2.24) is 0 Å². The van der Waals surface area contributed by atoms with Crippen molar-refractivity contribution in [2.24, 2.45) is 0 Å². The van der Waals surface area contributed by atoms with Crippen LogP contribution >= 0.6 is 0 Å². The summed E-state index contributed by atoms with van der Waals surface area (Å²) in [6.07, 6.45) is 1.04. The second-order valence-electron chi connectivity index (χ2n) is 1.18. The van der Waals surface area contributed by atoms with Gasteiger partial charge in [-0.1, -0.05) is 0 Å². The molecule has 0 aliphatic carbocycles. The first-order valence-corrected chi connectivity index (χ1v) is 2.17. The molecule has 0 aromatic heterocycles. The Morgan fingerprint density at radius 2 is 2.25 bits per heavy atom. The summed E-state index contributed by atoms with van der Waals surface area (Å²) in [6, 6.07) is 0. The van der Waals surface area contributed by atoms with E-state index in [-0.39, 0.29) is 23.0 Å². The minimum absolute atomic E-state index is 0. The van der Waals surface area contributed by atoms with E-state index in [0.717, 1.165) is 0 Å². The molecule has 0 amide bonds. The van der Waals surface area contributed by atoms with Crippen LogP contribution in [0.15, 0.2) is 0 Å². The molecule has 0 aliphatic heterocycles. The van der Waals surface area contributed by atoms with E-state index in [9.17, 15) is 4.79 Å². The summed E-state index contributed by atoms with van der Waals surface area (Å²) < 4.78 is 4.31. The number of methoxy groups -OCH3 is 1. The van der Waals surface area contributed by atoms with Crippen LogP contribution in [0.5, 0.6) is 0 Å². The number of hydrogen-bond donors (Lipinski definition) is 0. The van der Waals surface area contributed by atoms with Crippen molar-refractivity contribution in [2.45, 2.75) is 12.8 Å². The fourth-order valence-corrected chi connectivity index (χ4v) is 0.246. The third kappa shape index (κ3) is 5.99. The Morgan fingerprint density at radius 1 is 1.75 bits per heavy atom. The molecule has 0 aromatic rings. The van der Waals surface area contributed by atoms with E-state index < -0.39 is 0 Å². The second kappa shape index (κ2) is 6.99. The minimum atomic E-state index is -0.185. The fourth-order valence-electron chi connectivity index (χ4n) is 0.246. The van der Waals surface area contributed by atoms with Gasteiger partial charge in [-0.2, -0.15) is 6.42 Å². The van der Waals surface area contributed by atoms with Crippen molar-refractivity contribution >= 4 is 5.97 Å². The van der Waals surface area contributed by atoms with E-state index in [1.165, 1.54) is 7.11 Å². The first kappa shape index (κ1) is 10.9. The number of carbonyl (C=O) groups excluding carboxylic acids is 1. The Labute approximate surface area is 60.1 Å². The molecule has 52 valence electrons. The molecule has 0 rings (SSSR count). The molecule has 0 fully saturated rings. The summed E-state index contributed by atoms with van der Waals surface area (Å²) in [5.41, 5.74) is 0. The molecule has 0 spiro atoms. The van der Waals surface area contributed by atoms with Gasteiger partial charge in [-0.15, -0.1) is 0 Å². The summed E-state index contributed by atoms with van der Waals surface area (Å²) in [6.45, 7) is 3.47. The molecule has 0 aromatic carbocycles. The zero-order chi connectivity index (χ0) is 5.70. The predicted molar refractivity (Wildman–Crippen MR) is 26.6 cm³/mol. The molecule has 0 heterocycles. The van der Waals surface area contributed by atoms with Crippen molar-refractivity contribution in [3.05, 3.63) is 6.92 Å². The largest absolute Gasteiger partial charge is 1.00 e. The first-order chi connectivity index (χ1) is 3.31. The third-order valence-corrected chi connectivity index (χ3v) is 0.609. The fraction of sp³-hybridized carbons (Fsp3) is 0.600. The Bertz CT molecular complexity index is 63.4. The van der Waals surface area contributed by atoms with Crippen molar-refractivity contribution in [2.75, 3.05) is 7.11 Å². The molecule has 3 heteroatoms. The van der Waals surface area contributed by atoms with Crippen molar-refractivity contribution in [3.63, 3.8) is 0 Å². The van der Waals surface area contributed by atoms with Gasteiger partial charge >= 0.3 is 23.0 Å². The van der Waals surface area contributed by atoms with E-state index >= 15 is 0 Å². The molecule has 0 aliphatic rings. The molecule has 2 nitrogen and oxygen atoms in total. The number of hydrogen-bond acceptors (Lipinski definition) is 2. The SMILES string of the molecule is [CH2-]CCC(=O)OC.[Cu+]. The van der Waals surface area contributed by atoms with Gasteiger partial charge in [0.2, 0.25) is 0 Å². The van der Waals surface area contributed by atoms with E-state index in [4.69, 9.17) is 0 Å². The van der Waals surface area contributed by atoms with Crippen LogP contribution in [0.2, 0.25) is 0 Å². The van der Waals surface area contributed by atoms with Gasteiger partial charge in [0.1, 0.15) is 0 Å². The van der Waals surface area contributed by atoms with Crippen LogP contribution in [0.1, 0.15) is 12.8 Å². The molecule has 0 unspecified atom stereocenters. The number of rotatable bonds is 2. The maximum absolute atomic E-state index is 10.1. The monoisotopic (exact) mass is 164 g/mol. The van der Waals surface area contributed by atoms with E-state index in [0.29, 0.717) is 12.8 Å². The van der Waals surface area contributed by atoms with Crippen LogP contribution in [0.25, 0.3) is 0 Å². The van der Waals surface area contributed by atoms with Crippen LogP contribution in [0, 0.1) is 6.92 Å². The zero-order valence-corrected chi connectivity index (χ0v) is 5.68. The molecule has 0 N–H and O–H groups in total. The Balaban J connectivity index is 0. The van der Waals surface area contributed by atoms with Crippen molar-refractivity contribution < 1.29 is 26.6 Å². The summed E-state index contributed by atoms with van der Waals surface area (Å²) in [5, 5.41) is 0. The molecule has 0 saturated carbocycles. The number of carbonyl (C=O) groups is 1. The molecule has 0 atom stereocenters. The predicted octanol–water partition coefficient (Wildman–Crippen LogP) is 0.771. The third-order valence-electron chi connectivity index (χ3n) is 0.609. The number of esters is 1. The Hall–Kier alpha value is -0.0105. The summed E-state index contributed by atoms with van der Waals surface area (Å²) >= 11 is 0. The van der Waals surface area contributed by atoms with E-state index in [1.54, 1.807) is 0 Å². The van der Waals surface area contributed by atoms with Crippen LogP contribution in [0.3, 0.4) is 0 Å². The molecule has 0 saturated heterocycles. The van der Waals surface area contributed by atoms with Gasteiger partial charge in [-0.3, -0.25) is 4.79 Å². The topological polar surface area (TPSA) is 26.3 Å². The maximum Gasteiger partial charge on any atom is 1.00 e. The van der Waals surface area contributed by atoms with Gasteiger partial charge in [-0.05, 0) is 0 Å². The normalized spacial score (nSPS) is 7.25. The van der Waals surface area contributed by atoms with Crippen LogP contribution in [-0.2, 0) is 26.6 Å². The van der Waals surface area contributed by atoms with E-state index in [2.05, 4.69) is 11.7 Å². The average molecular weight is 165 g/mol. The van der Waals surface area contributed by atoms with Gasteiger partial charge in [0.05, 0.1) is 7.11 Å². The summed E-state index contributed by atoms with van der Waals surface area (Å²) in [4.78, 5) is 10.1. The van der Waals surface area contributed by atoms with Crippen molar-refractivity contribution in [3.8, 4) is 0 Å². The van der Waals surface area contributed by atoms with Gasteiger partial charge in [-0.25, -0.2) is 0 Å². The smallest absolute Gasteiger partial charge is 0.469 e. The quantitative estimate of drug-likeness (QED) is 0.343. The molecular weight excluding hydrogens is 156 g/mol. The van der Waals surface area contributed by atoms with Crippen LogP contribution < -0.4 is 0 Å². The van der Waals surface area contributed by atoms with Crippen molar-refractivity contribution in [1.29, 1.82) is 0 Å². The standard InChI is InChI=1S/C5H9O2.Cu/c1-3-4-5(6)7-2;/h1,3-4H2,2H3;/q-1;+1. The second-order valence-corrected chi connectivity index (χ2v) is 1.18. The average Bonchev–Trinajstić information content (AvgIpc) is 1.68. The minimum Gasteiger partial charge on any atom is -0.469 e. The Morgan fingerprint density at radius 3 is 2.38 bits per heavy atom. The molecular formula is C5H9CuO2. The van der Waals surface area contributed by atoms with Gasteiger partial charge in [0.25, 0.3) is 0 Å². The summed E-state index contributed by atoms with van der Waals surface area (Å²) in [5.74, 6) is -0.185.